The van der Waals surface area contributed by atoms with E-state index in [0.717, 1.165) is 18.5 Å². The van der Waals surface area contributed by atoms with Crippen LogP contribution in [0.4, 0.5) is 13.2 Å². The zero-order valence-electron chi connectivity index (χ0n) is 11.0. The SMILES string of the molecule is CCn1cc(C(N)C2CCCC(C(F)(F)F)C2)cn1. The van der Waals surface area contributed by atoms with Crippen LogP contribution in [0.1, 0.15) is 44.2 Å². The lowest BCUT2D eigenvalue weighted by atomic mass is 9.76. The van der Waals surface area contributed by atoms with E-state index in [1.165, 1.54) is 0 Å². The van der Waals surface area contributed by atoms with Crippen LogP contribution in [-0.2, 0) is 6.54 Å². The van der Waals surface area contributed by atoms with Crippen LogP contribution in [0.15, 0.2) is 12.4 Å². The highest BCUT2D eigenvalue weighted by Crippen LogP contribution is 2.43. The molecule has 1 aliphatic rings. The van der Waals surface area contributed by atoms with Gasteiger partial charge >= 0.3 is 6.18 Å². The van der Waals surface area contributed by atoms with E-state index in [0.29, 0.717) is 6.42 Å². The molecule has 6 heteroatoms. The Hall–Kier alpha value is -1.04. The molecule has 1 heterocycles. The van der Waals surface area contributed by atoms with Gasteiger partial charge in [-0.25, -0.2) is 0 Å². The van der Waals surface area contributed by atoms with E-state index in [9.17, 15) is 13.2 Å². The van der Waals surface area contributed by atoms with Crippen molar-refractivity contribution in [2.24, 2.45) is 17.6 Å². The number of halogens is 3. The van der Waals surface area contributed by atoms with Crippen molar-refractivity contribution < 1.29 is 13.2 Å². The first-order valence-electron chi connectivity index (χ1n) is 6.76. The lowest BCUT2D eigenvalue weighted by Gasteiger charge is -2.33. The summed E-state index contributed by atoms with van der Waals surface area (Å²) < 4.78 is 40.1. The molecule has 108 valence electrons. The molecule has 1 aliphatic carbocycles. The van der Waals surface area contributed by atoms with Crippen LogP contribution in [0.5, 0.6) is 0 Å². The Balaban J connectivity index is 2.04. The van der Waals surface area contributed by atoms with Crippen LogP contribution in [0.2, 0.25) is 0 Å². The lowest BCUT2D eigenvalue weighted by molar-refractivity contribution is -0.186. The van der Waals surface area contributed by atoms with Crippen molar-refractivity contribution in [3.63, 3.8) is 0 Å². The van der Waals surface area contributed by atoms with Gasteiger partial charge in [-0.3, -0.25) is 4.68 Å². The highest BCUT2D eigenvalue weighted by Gasteiger charge is 2.43. The summed E-state index contributed by atoms with van der Waals surface area (Å²) in [6.07, 6.45) is 1.16. The van der Waals surface area contributed by atoms with Gasteiger partial charge in [0.15, 0.2) is 0 Å². The maximum atomic E-state index is 12.8. The molecule has 1 aromatic heterocycles. The zero-order valence-corrected chi connectivity index (χ0v) is 11.0. The Labute approximate surface area is 111 Å². The molecule has 0 spiro atoms. The monoisotopic (exact) mass is 275 g/mol. The maximum Gasteiger partial charge on any atom is 0.391 e. The minimum Gasteiger partial charge on any atom is -0.324 e. The highest BCUT2D eigenvalue weighted by atomic mass is 19.4. The lowest BCUT2D eigenvalue weighted by Crippen LogP contribution is -2.33. The van der Waals surface area contributed by atoms with Gasteiger partial charge in [0.1, 0.15) is 0 Å². The van der Waals surface area contributed by atoms with Gasteiger partial charge in [-0.2, -0.15) is 18.3 Å². The van der Waals surface area contributed by atoms with Gasteiger partial charge in [-0.15, -0.1) is 0 Å². The molecule has 1 saturated carbocycles. The van der Waals surface area contributed by atoms with E-state index < -0.39 is 12.1 Å². The third kappa shape index (κ3) is 3.29. The topological polar surface area (TPSA) is 43.8 Å². The number of alkyl halides is 3. The number of aromatic nitrogens is 2. The second kappa shape index (κ2) is 5.53. The van der Waals surface area contributed by atoms with E-state index in [-0.39, 0.29) is 24.8 Å². The average Bonchev–Trinajstić information content (AvgIpc) is 2.86. The van der Waals surface area contributed by atoms with E-state index in [1.54, 1.807) is 10.9 Å². The van der Waals surface area contributed by atoms with Crippen molar-refractivity contribution in [2.75, 3.05) is 0 Å². The van der Waals surface area contributed by atoms with Gasteiger partial charge in [-0.05, 0) is 32.1 Å². The first-order chi connectivity index (χ1) is 8.91. The Morgan fingerprint density at radius 3 is 2.79 bits per heavy atom. The number of nitrogens with zero attached hydrogens (tertiary/aromatic N) is 2. The summed E-state index contributed by atoms with van der Waals surface area (Å²) in [5.74, 6) is -1.30. The molecule has 0 radical (unpaired) electrons. The number of hydrogen-bond donors (Lipinski definition) is 1. The Kier molecular flexibility index (Phi) is 4.18. The first kappa shape index (κ1) is 14.4. The molecule has 0 aliphatic heterocycles. The highest BCUT2D eigenvalue weighted by molar-refractivity contribution is 5.11. The van der Waals surface area contributed by atoms with Crippen molar-refractivity contribution in [3.05, 3.63) is 18.0 Å². The van der Waals surface area contributed by atoms with Gasteiger partial charge in [0.2, 0.25) is 0 Å². The number of rotatable bonds is 3. The molecule has 0 amide bonds. The molecular weight excluding hydrogens is 255 g/mol. The molecule has 0 aromatic carbocycles. The summed E-state index contributed by atoms with van der Waals surface area (Å²) >= 11 is 0. The predicted octanol–water partition coefficient (Wildman–Crippen LogP) is 3.27. The molecule has 3 unspecified atom stereocenters. The van der Waals surface area contributed by atoms with E-state index in [2.05, 4.69) is 5.10 Å². The predicted molar refractivity (Wildman–Crippen MR) is 66.3 cm³/mol. The smallest absolute Gasteiger partial charge is 0.324 e. The minimum absolute atomic E-state index is 0.102. The Bertz CT molecular complexity index is 414. The van der Waals surface area contributed by atoms with E-state index in [1.807, 2.05) is 13.1 Å². The van der Waals surface area contributed by atoms with Crippen LogP contribution in [0, 0.1) is 11.8 Å². The molecule has 19 heavy (non-hydrogen) atoms. The van der Waals surface area contributed by atoms with Crippen LogP contribution in [-0.4, -0.2) is 16.0 Å². The molecule has 2 N–H and O–H groups in total. The molecule has 2 rings (SSSR count). The van der Waals surface area contributed by atoms with Crippen LogP contribution < -0.4 is 5.73 Å². The van der Waals surface area contributed by atoms with Crippen molar-refractivity contribution >= 4 is 0 Å². The second-order valence-electron chi connectivity index (χ2n) is 5.32. The van der Waals surface area contributed by atoms with E-state index in [4.69, 9.17) is 5.73 Å². The van der Waals surface area contributed by atoms with Gasteiger partial charge in [0.05, 0.1) is 12.1 Å². The van der Waals surface area contributed by atoms with Crippen LogP contribution in [0.25, 0.3) is 0 Å². The summed E-state index contributed by atoms with van der Waals surface area (Å²) in [7, 11) is 0. The standard InChI is InChI=1S/C13H20F3N3/c1-2-19-8-10(7-18-19)12(17)9-4-3-5-11(6-9)13(14,15)16/h7-9,11-12H,2-6,17H2,1H3. The maximum absolute atomic E-state index is 12.8. The summed E-state index contributed by atoms with van der Waals surface area (Å²) in [6.45, 7) is 2.70. The zero-order chi connectivity index (χ0) is 14.0. The fourth-order valence-electron chi connectivity index (χ4n) is 2.85. The summed E-state index contributed by atoms with van der Waals surface area (Å²) in [4.78, 5) is 0. The molecular formula is C13H20F3N3. The minimum atomic E-state index is -4.09. The molecule has 1 aromatic rings. The molecule has 0 bridgehead atoms. The fraction of sp³-hybridized carbons (Fsp3) is 0.769. The molecule has 0 saturated heterocycles. The van der Waals surface area contributed by atoms with Crippen molar-refractivity contribution in [3.8, 4) is 0 Å². The van der Waals surface area contributed by atoms with Crippen LogP contribution in [0.3, 0.4) is 0 Å². The fourth-order valence-corrected chi connectivity index (χ4v) is 2.85. The number of nitrogens with two attached hydrogens (primary N) is 1. The Morgan fingerprint density at radius 1 is 1.47 bits per heavy atom. The third-order valence-corrected chi connectivity index (χ3v) is 4.05. The molecule has 1 fully saturated rings. The summed E-state index contributed by atoms with van der Waals surface area (Å²) in [5, 5.41) is 4.13. The first-order valence-corrected chi connectivity index (χ1v) is 6.76. The van der Waals surface area contributed by atoms with Gasteiger partial charge < -0.3 is 5.73 Å². The van der Waals surface area contributed by atoms with Gasteiger partial charge in [-0.1, -0.05) is 6.42 Å². The summed E-state index contributed by atoms with van der Waals surface area (Å²) in [6, 6.07) is -0.342. The summed E-state index contributed by atoms with van der Waals surface area (Å²) in [5.41, 5.74) is 6.96. The van der Waals surface area contributed by atoms with E-state index >= 15 is 0 Å². The average molecular weight is 275 g/mol. The normalized spacial score (nSPS) is 26.4. The van der Waals surface area contributed by atoms with Crippen molar-refractivity contribution in [2.45, 2.75) is 51.4 Å². The van der Waals surface area contributed by atoms with Crippen molar-refractivity contribution in [1.29, 1.82) is 0 Å². The quantitative estimate of drug-likeness (QED) is 0.920. The van der Waals surface area contributed by atoms with Gasteiger partial charge in [0, 0.05) is 24.3 Å². The molecule has 3 nitrogen and oxygen atoms in total. The van der Waals surface area contributed by atoms with Gasteiger partial charge in [0.25, 0.3) is 0 Å². The number of hydrogen-bond acceptors (Lipinski definition) is 2. The second-order valence-corrected chi connectivity index (χ2v) is 5.32. The van der Waals surface area contributed by atoms with Crippen molar-refractivity contribution in [1.82, 2.24) is 9.78 Å². The largest absolute Gasteiger partial charge is 0.391 e. The Morgan fingerprint density at radius 2 is 2.21 bits per heavy atom. The third-order valence-electron chi connectivity index (χ3n) is 4.05. The van der Waals surface area contributed by atoms with Crippen LogP contribution >= 0.6 is 0 Å². The number of aryl methyl sites for hydroxylation is 1. The molecule has 3 atom stereocenters.